The monoisotopic (exact) mass is 417 g/mol. The summed E-state index contributed by atoms with van der Waals surface area (Å²) in [4.78, 5) is 13.5. The smallest absolute Gasteiger partial charge is 0.366 e. The van der Waals surface area contributed by atoms with E-state index in [0.717, 1.165) is 34.2 Å². The molecule has 6 nitrogen and oxygen atoms in total. The summed E-state index contributed by atoms with van der Waals surface area (Å²) in [7, 11) is 0. The average molecular weight is 418 g/mol. The highest BCUT2D eigenvalue weighted by molar-refractivity contribution is 6.02. The maximum absolute atomic E-state index is 13.0. The van der Waals surface area contributed by atoms with Crippen molar-refractivity contribution in [2.24, 2.45) is 5.92 Å². The van der Waals surface area contributed by atoms with Crippen molar-refractivity contribution in [2.75, 3.05) is 6.61 Å². The maximum Gasteiger partial charge on any atom is 0.366 e. The first-order valence-corrected chi connectivity index (χ1v) is 10.9. The normalized spacial score (nSPS) is 12.3. The summed E-state index contributed by atoms with van der Waals surface area (Å²) < 4.78 is 7.20. The molecule has 0 N–H and O–H groups in total. The Kier molecular flexibility index (Phi) is 6.16. The molecule has 0 saturated heterocycles. The zero-order valence-electron chi connectivity index (χ0n) is 18.0. The largest absolute Gasteiger partial charge is 0.691 e. The van der Waals surface area contributed by atoms with Crippen LogP contribution in [0.1, 0.15) is 49.9 Å². The summed E-state index contributed by atoms with van der Waals surface area (Å²) in [6.07, 6.45) is 4.74. The second-order valence-electron chi connectivity index (χ2n) is 7.92. The topological polar surface area (TPSA) is 71.1 Å². The van der Waals surface area contributed by atoms with Crippen molar-refractivity contribution in [3.63, 3.8) is 0 Å². The number of nitrogens with zero attached hydrogens (tertiary/aromatic N) is 3. The van der Waals surface area contributed by atoms with Gasteiger partial charge in [0.1, 0.15) is 11.0 Å². The lowest BCUT2D eigenvalue weighted by atomic mass is 10.0. The predicted molar refractivity (Wildman–Crippen MR) is 121 cm³/mol. The number of unbranched alkanes of at least 4 members (excludes halogenated alkanes) is 1. The first-order chi connectivity index (χ1) is 15.1. The first-order valence-electron chi connectivity index (χ1n) is 10.9. The molecule has 0 fully saturated rings. The molecule has 4 aromatic rings. The minimum Gasteiger partial charge on any atom is -0.691 e. The molecule has 0 radical (unpaired) electrons. The van der Waals surface area contributed by atoms with E-state index in [-0.39, 0.29) is 5.91 Å². The lowest BCUT2D eigenvalue weighted by Crippen LogP contribution is -2.31. The van der Waals surface area contributed by atoms with Gasteiger partial charge in [-0.1, -0.05) is 62.1 Å². The highest BCUT2D eigenvalue weighted by Gasteiger charge is 2.22. The van der Waals surface area contributed by atoms with Crippen LogP contribution < -0.4 is 9.58 Å². The third-order valence-corrected chi connectivity index (χ3v) is 5.77. The Morgan fingerprint density at radius 3 is 2.68 bits per heavy atom. The molecule has 1 heterocycles. The van der Waals surface area contributed by atoms with Crippen LogP contribution in [-0.2, 0) is 0 Å². The van der Waals surface area contributed by atoms with Gasteiger partial charge in [0.15, 0.2) is 0 Å². The van der Waals surface area contributed by atoms with Crippen molar-refractivity contribution in [3.8, 4) is 5.75 Å². The average Bonchev–Trinajstić information content (AvgIpc) is 3.15. The van der Waals surface area contributed by atoms with Gasteiger partial charge in [0.2, 0.25) is 11.0 Å². The number of ether oxygens (including phenoxy) is 1. The highest BCUT2D eigenvalue weighted by Crippen LogP contribution is 2.24. The van der Waals surface area contributed by atoms with E-state index >= 15 is 0 Å². The van der Waals surface area contributed by atoms with Gasteiger partial charge in [0.25, 0.3) is 0 Å². The van der Waals surface area contributed by atoms with E-state index < -0.39 is 0 Å². The number of hydrogen-bond donors (Lipinski definition) is 0. The van der Waals surface area contributed by atoms with E-state index in [1.54, 1.807) is 30.3 Å². The molecular formula is C25H27N3O3. The van der Waals surface area contributed by atoms with Crippen molar-refractivity contribution in [3.05, 3.63) is 71.4 Å². The molecule has 0 bridgehead atoms. The SMILES string of the molecule is CCCCC(CC)COc1ccc2cc(C(=O)n3n[n+]([O-])c4ccccc43)ccc2c1. The molecule has 0 aliphatic carbocycles. The summed E-state index contributed by atoms with van der Waals surface area (Å²) >= 11 is 0. The van der Waals surface area contributed by atoms with Crippen LogP contribution in [0.2, 0.25) is 0 Å². The fourth-order valence-electron chi connectivity index (χ4n) is 3.81. The molecule has 160 valence electrons. The predicted octanol–water partition coefficient (Wildman–Crippen LogP) is 5.11. The maximum atomic E-state index is 13.0. The molecule has 1 unspecified atom stereocenters. The van der Waals surface area contributed by atoms with E-state index in [4.69, 9.17) is 4.74 Å². The van der Waals surface area contributed by atoms with Gasteiger partial charge in [-0.3, -0.25) is 0 Å². The van der Waals surface area contributed by atoms with Gasteiger partial charge in [0, 0.05) is 0 Å². The van der Waals surface area contributed by atoms with E-state index in [1.807, 2.05) is 30.3 Å². The van der Waals surface area contributed by atoms with Crippen LogP contribution in [-0.4, -0.2) is 22.4 Å². The van der Waals surface area contributed by atoms with Crippen LogP contribution in [0.4, 0.5) is 0 Å². The fraction of sp³-hybridized carbons (Fsp3) is 0.320. The Balaban J connectivity index is 1.54. The van der Waals surface area contributed by atoms with E-state index in [1.165, 1.54) is 19.3 Å². The zero-order chi connectivity index (χ0) is 21.8. The molecule has 0 aliphatic heterocycles. The molecule has 1 aromatic heterocycles. The molecule has 31 heavy (non-hydrogen) atoms. The van der Waals surface area contributed by atoms with E-state index in [2.05, 4.69) is 19.1 Å². The van der Waals surface area contributed by atoms with Crippen molar-refractivity contribution >= 4 is 27.7 Å². The molecule has 4 rings (SSSR count). The quantitative estimate of drug-likeness (QED) is 0.295. The number of hydrogen-bond acceptors (Lipinski definition) is 4. The zero-order valence-corrected chi connectivity index (χ0v) is 18.0. The summed E-state index contributed by atoms with van der Waals surface area (Å²) in [5, 5.41) is 17.8. The summed E-state index contributed by atoms with van der Waals surface area (Å²) in [5.74, 6) is 1.07. The number of carbonyl (C=O) groups is 1. The lowest BCUT2D eigenvalue weighted by molar-refractivity contribution is -0.645. The van der Waals surface area contributed by atoms with Gasteiger partial charge in [-0.2, -0.15) is 0 Å². The van der Waals surface area contributed by atoms with Gasteiger partial charge >= 0.3 is 5.91 Å². The molecule has 1 atom stereocenters. The molecule has 0 saturated carbocycles. The molecule has 0 amide bonds. The van der Waals surface area contributed by atoms with E-state index in [9.17, 15) is 10.0 Å². The number of para-hydroxylation sites is 2. The van der Waals surface area contributed by atoms with Crippen molar-refractivity contribution < 1.29 is 14.4 Å². The molecule has 6 heteroatoms. The first kappa shape index (κ1) is 20.8. The second kappa shape index (κ2) is 9.16. The van der Waals surface area contributed by atoms with Gasteiger partial charge in [-0.05, 0) is 59.5 Å². The van der Waals surface area contributed by atoms with Crippen LogP contribution in [0, 0.1) is 11.1 Å². The summed E-state index contributed by atoms with van der Waals surface area (Å²) in [6, 6.07) is 18.3. The van der Waals surface area contributed by atoms with E-state index in [0.29, 0.717) is 27.4 Å². The molecule has 0 spiro atoms. The number of rotatable bonds is 8. The van der Waals surface area contributed by atoms with Crippen molar-refractivity contribution in [1.82, 2.24) is 9.90 Å². The minimum absolute atomic E-state index is 0.338. The Hall–Kier alpha value is -3.41. The number of aromatic nitrogens is 3. The fourth-order valence-corrected chi connectivity index (χ4v) is 3.81. The molecule has 0 aliphatic rings. The van der Waals surface area contributed by atoms with Crippen LogP contribution >= 0.6 is 0 Å². The second-order valence-corrected chi connectivity index (χ2v) is 7.92. The summed E-state index contributed by atoms with van der Waals surface area (Å²) in [6.45, 7) is 5.14. The van der Waals surface area contributed by atoms with Crippen molar-refractivity contribution in [1.29, 1.82) is 0 Å². The Morgan fingerprint density at radius 2 is 1.87 bits per heavy atom. The summed E-state index contributed by atoms with van der Waals surface area (Å²) in [5.41, 5.74) is 1.32. The highest BCUT2D eigenvalue weighted by atomic mass is 16.5. The number of fused-ring (bicyclic) bond motifs is 2. The molecular weight excluding hydrogens is 390 g/mol. The Bertz CT molecular complexity index is 1220. The number of benzene rings is 3. The minimum atomic E-state index is -0.338. The van der Waals surface area contributed by atoms with Gasteiger partial charge in [-0.15, -0.1) is 4.85 Å². The number of carbonyl (C=O) groups excluding carboxylic acids is 1. The van der Waals surface area contributed by atoms with Crippen LogP contribution in [0.25, 0.3) is 21.8 Å². The van der Waals surface area contributed by atoms with Gasteiger partial charge in [0.05, 0.1) is 12.2 Å². The van der Waals surface area contributed by atoms with Crippen molar-refractivity contribution in [2.45, 2.75) is 39.5 Å². The van der Waals surface area contributed by atoms with Gasteiger partial charge in [-0.25, -0.2) is 4.79 Å². The van der Waals surface area contributed by atoms with Crippen LogP contribution in [0.15, 0.2) is 60.7 Å². The third kappa shape index (κ3) is 4.38. The molecule has 3 aromatic carbocycles. The Labute approximate surface area is 181 Å². The third-order valence-electron chi connectivity index (χ3n) is 5.77. The standard InChI is InChI=1S/C25H27N3O3/c1-3-5-8-18(4-2)17-31-22-14-13-19-15-21(12-11-20(19)16-22)25(29)27-23-9-6-7-10-24(23)28(30)26-27/h6-7,9-16,18H,3-5,8,17H2,1-2H3. The Morgan fingerprint density at radius 1 is 1.10 bits per heavy atom. The van der Waals surface area contributed by atoms with Gasteiger partial charge < -0.3 is 9.94 Å². The van der Waals surface area contributed by atoms with Crippen LogP contribution in [0.5, 0.6) is 5.75 Å². The van der Waals surface area contributed by atoms with Crippen LogP contribution in [0.3, 0.4) is 0 Å². The lowest BCUT2D eigenvalue weighted by Gasteiger charge is -2.16.